The third-order valence-corrected chi connectivity index (χ3v) is 2.84. The second-order valence-corrected chi connectivity index (χ2v) is 3.85. The fourth-order valence-corrected chi connectivity index (χ4v) is 1.71. The van der Waals surface area contributed by atoms with Crippen molar-refractivity contribution in [1.29, 1.82) is 0 Å². The summed E-state index contributed by atoms with van der Waals surface area (Å²) in [5, 5.41) is 0. The number of hydrazine groups is 1. The monoisotopic (exact) mass is 208 g/mol. The number of nitrogens with zero attached hydrogens (tertiary/aromatic N) is 2. The van der Waals surface area contributed by atoms with Crippen LogP contribution in [0.25, 0.3) is 0 Å². The van der Waals surface area contributed by atoms with Crippen LogP contribution in [0.1, 0.15) is 29.4 Å². The molecule has 0 saturated carbocycles. The summed E-state index contributed by atoms with van der Waals surface area (Å²) in [6.07, 6.45) is 0.993. The summed E-state index contributed by atoms with van der Waals surface area (Å²) in [5.74, 6) is 7.28. The van der Waals surface area contributed by atoms with Crippen LogP contribution in [0.15, 0.2) is 0 Å². The molecule has 1 aliphatic rings. The van der Waals surface area contributed by atoms with Crippen LogP contribution in [0, 0.1) is 13.8 Å². The van der Waals surface area contributed by atoms with Gasteiger partial charge < -0.3 is 10.2 Å². The number of hydrogen-bond donors (Lipinski definition) is 2. The molecular weight excluding hydrogens is 192 g/mol. The second-order valence-electron chi connectivity index (χ2n) is 3.85. The fraction of sp³-hybridized carbons (Fsp3) is 0.600. The molecule has 3 N–H and O–H groups in total. The van der Waals surface area contributed by atoms with E-state index in [1.165, 1.54) is 0 Å². The molecule has 0 spiro atoms. The van der Waals surface area contributed by atoms with E-state index in [9.17, 15) is 0 Å². The van der Waals surface area contributed by atoms with Gasteiger partial charge in [0.05, 0.1) is 6.61 Å². The average Bonchev–Trinajstić information content (AvgIpc) is 2.75. The first-order valence-electron chi connectivity index (χ1n) is 5.12. The molecule has 5 heteroatoms. The third-order valence-electron chi connectivity index (χ3n) is 2.84. The highest BCUT2D eigenvalue weighted by Crippen LogP contribution is 2.24. The minimum Gasteiger partial charge on any atom is -0.381 e. The summed E-state index contributed by atoms with van der Waals surface area (Å²) in [4.78, 5) is 8.88. The number of nitrogen functional groups attached to an aromatic ring is 1. The highest BCUT2D eigenvalue weighted by molar-refractivity contribution is 5.44. The van der Waals surface area contributed by atoms with Gasteiger partial charge in [0.2, 0.25) is 0 Å². The van der Waals surface area contributed by atoms with Gasteiger partial charge in [-0.3, -0.25) is 0 Å². The quantitative estimate of drug-likeness (QED) is 0.557. The van der Waals surface area contributed by atoms with Gasteiger partial charge in [0, 0.05) is 23.8 Å². The molecule has 1 atom stereocenters. The molecule has 15 heavy (non-hydrogen) atoms. The van der Waals surface area contributed by atoms with Crippen molar-refractivity contribution in [1.82, 2.24) is 9.97 Å². The van der Waals surface area contributed by atoms with Gasteiger partial charge in [-0.25, -0.2) is 15.8 Å². The molecule has 1 unspecified atom stereocenters. The number of ether oxygens (including phenoxy) is 1. The summed E-state index contributed by atoms with van der Waals surface area (Å²) in [6, 6.07) is 0. The zero-order valence-electron chi connectivity index (χ0n) is 9.08. The lowest BCUT2D eigenvalue weighted by Crippen LogP contribution is -2.15. The van der Waals surface area contributed by atoms with E-state index in [0.29, 0.717) is 18.3 Å². The Kier molecular flexibility index (Phi) is 2.83. The van der Waals surface area contributed by atoms with Crippen molar-refractivity contribution in [3.05, 3.63) is 17.1 Å². The zero-order valence-corrected chi connectivity index (χ0v) is 9.08. The Hall–Kier alpha value is -1.20. The molecule has 1 saturated heterocycles. The Morgan fingerprint density at radius 3 is 2.80 bits per heavy atom. The zero-order chi connectivity index (χ0) is 10.8. The third kappa shape index (κ3) is 1.93. The number of nitrogens with one attached hydrogen (secondary N) is 1. The molecule has 1 aromatic rings. The maximum atomic E-state index is 5.42. The summed E-state index contributed by atoms with van der Waals surface area (Å²) in [7, 11) is 0. The standard InChI is InChI=1S/C10H16N4O/c1-6-7(2)12-10(13-9(6)14-11)8-3-4-15-5-8/h8H,3-5,11H2,1-2H3,(H,12,13,14). The Labute approximate surface area is 89.0 Å². The van der Waals surface area contributed by atoms with E-state index >= 15 is 0 Å². The fourth-order valence-electron chi connectivity index (χ4n) is 1.71. The SMILES string of the molecule is Cc1nc(C2CCOC2)nc(NN)c1C. The molecule has 0 bridgehead atoms. The van der Waals surface area contributed by atoms with E-state index in [2.05, 4.69) is 15.4 Å². The van der Waals surface area contributed by atoms with Crippen LogP contribution in [-0.2, 0) is 4.74 Å². The van der Waals surface area contributed by atoms with Crippen LogP contribution in [-0.4, -0.2) is 23.2 Å². The molecule has 82 valence electrons. The minimum absolute atomic E-state index is 0.316. The van der Waals surface area contributed by atoms with Crippen molar-refractivity contribution >= 4 is 5.82 Å². The van der Waals surface area contributed by atoms with Gasteiger partial charge in [0.1, 0.15) is 11.6 Å². The lowest BCUT2D eigenvalue weighted by Gasteiger charge is -2.12. The molecule has 0 aromatic carbocycles. The Balaban J connectivity index is 2.35. The van der Waals surface area contributed by atoms with Gasteiger partial charge in [-0.2, -0.15) is 0 Å². The van der Waals surface area contributed by atoms with Crippen molar-refractivity contribution in [2.24, 2.45) is 5.84 Å². The van der Waals surface area contributed by atoms with Crippen molar-refractivity contribution in [2.45, 2.75) is 26.2 Å². The molecule has 1 aliphatic heterocycles. The topological polar surface area (TPSA) is 73.1 Å². The van der Waals surface area contributed by atoms with Crippen molar-refractivity contribution in [3.63, 3.8) is 0 Å². The highest BCUT2D eigenvalue weighted by atomic mass is 16.5. The van der Waals surface area contributed by atoms with E-state index in [1.807, 2.05) is 13.8 Å². The van der Waals surface area contributed by atoms with Crippen molar-refractivity contribution < 1.29 is 4.74 Å². The summed E-state index contributed by atoms with van der Waals surface area (Å²) in [6.45, 7) is 5.44. The lowest BCUT2D eigenvalue weighted by atomic mass is 10.1. The number of rotatable bonds is 2. The van der Waals surface area contributed by atoms with E-state index in [0.717, 1.165) is 30.1 Å². The largest absolute Gasteiger partial charge is 0.381 e. The minimum atomic E-state index is 0.316. The molecular formula is C10H16N4O. The van der Waals surface area contributed by atoms with E-state index in [4.69, 9.17) is 10.6 Å². The van der Waals surface area contributed by atoms with Crippen LogP contribution in [0.2, 0.25) is 0 Å². The first-order valence-corrected chi connectivity index (χ1v) is 5.12. The molecule has 1 fully saturated rings. The lowest BCUT2D eigenvalue weighted by molar-refractivity contribution is 0.193. The first-order chi connectivity index (χ1) is 7.22. The Morgan fingerprint density at radius 1 is 1.40 bits per heavy atom. The van der Waals surface area contributed by atoms with Crippen LogP contribution < -0.4 is 11.3 Å². The summed E-state index contributed by atoms with van der Waals surface area (Å²) in [5.41, 5.74) is 4.58. The predicted octanol–water partition coefficient (Wildman–Crippen LogP) is 0.883. The number of aryl methyl sites for hydroxylation is 1. The van der Waals surface area contributed by atoms with Crippen LogP contribution in [0.5, 0.6) is 0 Å². The average molecular weight is 208 g/mol. The van der Waals surface area contributed by atoms with Crippen LogP contribution in [0.4, 0.5) is 5.82 Å². The van der Waals surface area contributed by atoms with E-state index in [-0.39, 0.29) is 0 Å². The van der Waals surface area contributed by atoms with Crippen molar-refractivity contribution in [2.75, 3.05) is 18.6 Å². The van der Waals surface area contributed by atoms with Gasteiger partial charge in [-0.05, 0) is 20.3 Å². The molecule has 5 nitrogen and oxygen atoms in total. The maximum Gasteiger partial charge on any atom is 0.146 e. The van der Waals surface area contributed by atoms with Crippen LogP contribution in [0.3, 0.4) is 0 Å². The molecule has 0 radical (unpaired) electrons. The highest BCUT2D eigenvalue weighted by Gasteiger charge is 2.21. The van der Waals surface area contributed by atoms with Gasteiger partial charge in [0.25, 0.3) is 0 Å². The Morgan fingerprint density at radius 2 is 2.20 bits per heavy atom. The number of anilines is 1. The Bertz CT molecular complexity index is 361. The second kappa shape index (κ2) is 4.12. The van der Waals surface area contributed by atoms with Gasteiger partial charge in [-0.15, -0.1) is 0 Å². The summed E-state index contributed by atoms with van der Waals surface area (Å²) < 4.78 is 5.32. The van der Waals surface area contributed by atoms with Crippen LogP contribution >= 0.6 is 0 Å². The van der Waals surface area contributed by atoms with Gasteiger partial charge in [0.15, 0.2) is 0 Å². The van der Waals surface area contributed by atoms with E-state index < -0.39 is 0 Å². The molecule has 1 aromatic heterocycles. The predicted molar refractivity (Wildman–Crippen MR) is 57.5 cm³/mol. The smallest absolute Gasteiger partial charge is 0.146 e. The number of hydrogen-bond acceptors (Lipinski definition) is 5. The molecule has 2 heterocycles. The van der Waals surface area contributed by atoms with E-state index in [1.54, 1.807) is 0 Å². The number of aromatic nitrogens is 2. The van der Waals surface area contributed by atoms with Gasteiger partial charge >= 0.3 is 0 Å². The molecule has 0 aliphatic carbocycles. The van der Waals surface area contributed by atoms with Crippen molar-refractivity contribution in [3.8, 4) is 0 Å². The maximum absolute atomic E-state index is 5.42. The van der Waals surface area contributed by atoms with Gasteiger partial charge in [-0.1, -0.05) is 0 Å². The number of nitrogens with two attached hydrogens (primary N) is 1. The first kappa shape index (κ1) is 10.3. The molecule has 2 rings (SSSR count). The molecule has 0 amide bonds. The summed E-state index contributed by atoms with van der Waals surface area (Å²) >= 11 is 0. The normalized spacial score (nSPS) is 20.6.